The lowest BCUT2D eigenvalue weighted by molar-refractivity contribution is 0.146. The number of rotatable bonds is 13. The average molecular weight is 753 g/mol. The summed E-state index contributed by atoms with van der Waals surface area (Å²) in [7, 11) is 0. The van der Waals surface area contributed by atoms with E-state index in [4.69, 9.17) is 15.4 Å². The zero-order valence-corrected chi connectivity index (χ0v) is 32.3. The molecule has 7 aromatic rings. The molecule has 0 saturated heterocycles. The lowest BCUT2D eigenvalue weighted by Crippen LogP contribution is -2.29. The van der Waals surface area contributed by atoms with Crippen LogP contribution in [0.2, 0.25) is 0 Å². The van der Waals surface area contributed by atoms with Crippen LogP contribution in [-0.2, 0) is 13.0 Å². The van der Waals surface area contributed by atoms with Crippen molar-refractivity contribution in [1.82, 2.24) is 43.8 Å². The number of allylic oxidation sites excluding steroid dienone is 1. The Hall–Kier alpha value is -6.04. The molecular weight excluding hydrogens is 707 g/mol. The number of nitrogens with one attached hydrogen (secondary N) is 2. The Morgan fingerprint density at radius 2 is 1.68 bits per heavy atom. The molecule has 1 aliphatic carbocycles. The van der Waals surface area contributed by atoms with E-state index in [-0.39, 0.29) is 16.5 Å². The molecule has 286 valence electrons. The number of nitrogens with zero attached hydrogens (tertiary/aromatic N) is 8. The van der Waals surface area contributed by atoms with Crippen LogP contribution in [0.1, 0.15) is 82.4 Å². The molecule has 0 bridgehead atoms. The number of pyridine rings is 4. The summed E-state index contributed by atoms with van der Waals surface area (Å²) in [4.78, 5) is 18.7. The van der Waals surface area contributed by atoms with Gasteiger partial charge in [-0.15, -0.1) is 0 Å². The molecule has 0 radical (unpaired) electrons. The summed E-state index contributed by atoms with van der Waals surface area (Å²) in [6.45, 7) is 12.4. The van der Waals surface area contributed by atoms with Gasteiger partial charge in [-0.05, 0) is 66.5 Å². The van der Waals surface area contributed by atoms with Gasteiger partial charge in [0.25, 0.3) is 6.43 Å². The highest BCUT2D eigenvalue weighted by atomic mass is 19.3. The van der Waals surface area contributed by atoms with E-state index in [0.29, 0.717) is 40.5 Å². The Morgan fingerprint density at radius 1 is 0.893 bits per heavy atom. The molecule has 0 amide bonds. The van der Waals surface area contributed by atoms with Crippen LogP contribution in [0.5, 0.6) is 0 Å². The van der Waals surface area contributed by atoms with Gasteiger partial charge < -0.3 is 19.5 Å². The SMILES string of the molecule is CC(C)(C)Cn1cc(-c2ccc(C3CC3)nc2-c2ccn3c(CC(C)(C)CN/C=C(\C=N)c4ccc(C(F)F)nc4-c4ccn5ccnc5c4)cnc3c2)cn1. The van der Waals surface area contributed by atoms with Gasteiger partial charge in [-0.25, -0.2) is 23.7 Å². The molecule has 56 heavy (non-hydrogen) atoms. The Labute approximate surface area is 324 Å². The summed E-state index contributed by atoms with van der Waals surface area (Å²) in [5.41, 5.74) is 9.46. The number of imidazole rings is 2. The van der Waals surface area contributed by atoms with Gasteiger partial charge in [-0.2, -0.15) is 5.10 Å². The molecule has 1 fully saturated rings. The standard InChI is InChI=1S/C44H46F2N10/c1-43(2,3)27-55-25-32(23-51-55)35-8-10-36(28-6-7-28)52-41(35)30-13-16-56-33(24-50-39(56)19-30)20-44(4,5)26-48-22-31(21-47)34-9-11-37(42(45)46)53-40(34)29-12-15-54-17-14-49-38(54)18-29/h8-19,21-25,28,42,47-48H,6-7,20,26-27H2,1-5H3/b31-22+,47-21?. The molecule has 12 heteroatoms. The molecule has 1 aliphatic rings. The van der Waals surface area contributed by atoms with Crippen LogP contribution in [0.3, 0.4) is 0 Å². The van der Waals surface area contributed by atoms with E-state index in [1.165, 1.54) is 25.1 Å². The lowest BCUT2D eigenvalue weighted by atomic mass is 9.88. The molecule has 1 saturated carbocycles. The maximum Gasteiger partial charge on any atom is 0.280 e. The van der Waals surface area contributed by atoms with Gasteiger partial charge in [0.05, 0.1) is 17.6 Å². The molecule has 7 heterocycles. The summed E-state index contributed by atoms with van der Waals surface area (Å²) >= 11 is 0. The number of aromatic nitrogens is 8. The number of alkyl halides is 2. The maximum atomic E-state index is 13.8. The number of hydrogen-bond acceptors (Lipinski definition) is 7. The fourth-order valence-corrected chi connectivity index (χ4v) is 7.21. The van der Waals surface area contributed by atoms with Gasteiger partial charge in [-0.1, -0.05) is 46.8 Å². The van der Waals surface area contributed by atoms with E-state index in [1.807, 2.05) is 46.0 Å². The predicted molar refractivity (Wildman–Crippen MR) is 217 cm³/mol. The van der Waals surface area contributed by atoms with Gasteiger partial charge in [0, 0.05) is 113 Å². The van der Waals surface area contributed by atoms with Crippen LogP contribution in [0.25, 0.3) is 50.5 Å². The second-order valence-corrected chi connectivity index (χ2v) is 16.8. The van der Waals surface area contributed by atoms with Crippen LogP contribution in [-0.4, -0.2) is 51.3 Å². The van der Waals surface area contributed by atoms with Crippen molar-refractivity contribution < 1.29 is 8.78 Å². The lowest BCUT2D eigenvalue weighted by Gasteiger charge is -2.24. The third kappa shape index (κ3) is 7.87. The molecule has 0 aromatic carbocycles. The first kappa shape index (κ1) is 36.9. The van der Waals surface area contributed by atoms with Crippen molar-refractivity contribution in [3.05, 3.63) is 121 Å². The second kappa shape index (κ2) is 14.6. The molecule has 0 aliphatic heterocycles. The van der Waals surface area contributed by atoms with Gasteiger partial charge >= 0.3 is 0 Å². The van der Waals surface area contributed by atoms with Crippen LogP contribution < -0.4 is 5.32 Å². The van der Waals surface area contributed by atoms with Crippen molar-refractivity contribution in [2.45, 2.75) is 72.8 Å². The monoisotopic (exact) mass is 752 g/mol. The average Bonchev–Trinajstić information content (AvgIpc) is 3.53. The minimum Gasteiger partial charge on any atom is -0.390 e. The van der Waals surface area contributed by atoms with Crippen LogP contribution in [0, 0.1) is 16.2 Å². The van der Waals surface area contributed by atoms with Crippen LogP contribution >= 0.6 is 0 Å². The summed E-state index contributed by atoms with van der Waals surface area (Å²) in [5, 5.41) is 16.3. The first-order valence-corrected chi connectivity index (χ1v) is 19.0. The highest BCUT2D eigenvalue weighted by Crippen LogP contribution is 2.42. The van der Waals surface area contributed by atoms with Crippen molar-refractivity contribution in [2.75, 3.05) is 6.54 Å². The number of fused-ring (bicyclic) bond motifs is 2. The van der Waals surface area contributed by atoms with Gasteiger partial charge in [-0.3, -0.25) is 9.67 Å². The molecular formula is C44H46F2N10. The largest absolute Gasteiger partial charge is 0.390 e. The summed E-state index contributed by atoms with van der Waals surface area (Å²) in [6.07, 6.45) is 16.7. The molecule has 0 atom stereocenters. The topological polar surface area (TPSA) is 114 Å². The van der Waals surface area contributed by atoms with E-state index in [0.717, 1.165) is 52.4 Å². The molecule has 0 spiro atoms. The Kier molecular flexibility index (Phi) is 9.59. The van der Waals surface area contributed by atoms with E-state index in [9.17, 15) is 8.78 Å². The van der Waals surface area contributed by atoms with E-state index in [2.05, 4.69) is 96.1 Å². The van der Waals surface area contributed by atoms with E-state index >= 15 is 0 Å². The minimum atomic E-state index is -2.72. The third-order valence-corrected chi connectivity index (χ3v) is 10.1. The number of hydrogen-bond donors (Lipinski definition) is 2. The first-order chi connectivity index (χ1) is 26.8. The smallest absolute Gasteiger partial charge is 0.280 e. The summed E-state index contributed by atoms with van der Waals surface area (Å²) < 4.78 is 33.5. The fraction of sp³-hybridized carbons (Fsp3) is 0.318. The van der Waals surface area contributed by atoms with Crippen molar-refractivity contribution in [1.29, 1.82) is 5.41 Å². The highest BCUT2D eigenvalue weighted by molar-refractivity contribution is 6.10. The van der Waals surface area contributed by atoms with Crippen molar-refractivity contribution in [2.24, 2.45) is 10.8 Å². The van der Waals surface area contributed by atoms with Crippen LogP contribution in [0.4, 0.5) is 8.78 Å². The van der Waals surface area contributed by atoms with Crippen molar-refractivity contribution in [3.8, 4) is 33.6 Å². The van der Waals surface area contributed by atoms with Gasteiger partial charge in [0.2, 0.25) is 0 Å². The Morgan fingerprint density at radius 3 is 2.45 bits per heavy atom. The van der Waals surface area contributed by atoms with Crippen molar-refractivity contribution in [3.63, 3.8) is 0 Å². The fourth-order valence-electron chi connectivity index (χ4n) is 7.21. The zero-order chi connectivity index (χ0) is 39.2. The first-order valence-electron chi connectivity index (χ1n) is 19.0. The van der Waals surface area contributed by atoms with Gasteiger partial charge in [0.1, 0.15) is 17.0 Å². The second-order valence-electron chi connectivity index (χ2n) is 16.8. The Bertz CT molecular complexity index is 2580. The third-order valence-electron chi connectivity index (χ3n) is 10.1. The number of halogens is 2. The predicted octanol–water partition coefficient (Wildman–Crippen LogP) is 9.68. The minimum absolute atomic E-state index is 0.112. The molecule has 10 nitrogen and oxygen atoms in total. The normalized spacial score (nSPS) is 14.0. The molecule has 8 rings (SSSR count). The summed E-state index contributed by atoms with van der Waals surface area (Å²) in [5.74, 6) is 0.524. The van der Waals surface area contributed by atoms with Gasteiger partial charge in [0.15, 0.2) is 0 Å². The zero-order valence-electron chi connectivity index (χ0n) is 32.3. The van der Waals surface area contributed by atoms with Crippen molar-refractivity contribution >= 4 is 23.1 Å². The highest BCUT2D eigenvalue weighted by Gasteiger charge is 2.27. The Balaban J connectivity index is 1.02. The maximum absolute atomic E-state index is 13.8. The molecule has 0 unspecified atom stereocenters. The van der Waals surface area contributed by atoms with E-state index in [1.54, 1.807) is 18.5 Å². The molecule has 7 aromatic heterocycles. The quantitative estimate of drug-likeness (QED) is 0.113. The van der Waals surface area contributed by atoms with E-state index < -0.39 is 6.43 Å². The molecule has 2 N–H and O–H groups in total. The van der Waals surface area contributed by atoms with Crippen LogP contribution in [0.15, 0.2) is 98.1 Å². The summed E-state index contributed by atoms with van der Waals surface area (Å²) in [6, 6.07) is 15.2.